The number of carbonyl (C=O) groups excluding carboxylic acids is 1. The molecule has 0 aromatic heterocycles. The molecule has 26 heavy (non-hydrogen) atoms. The fourth-order valence-electron chi connectivity index (χ4n) is 3.45. The quantitative estimate of drug-likeness (QED) is 0.730. The maximum Gasteiger partial charge on any atom is 0.258 e. The van der Waals surface area contributed by atoms with Crippen molar-refractivity contribution in [1.29, 1.82) is 0 Å². The molecule has 0 bridgehead atoms. The van der Waals surface area contributed by atoms with Crippen molar-refractivity contribution in [2.75, 3.05) is 18.5 Å². The normalized spacial score (nSPS) is 18.8. The minimum atomic E-state index is -0.682. The Labute approximate surface area is 155 Å². The van der Waals surface area contributed by atoms with Gasteiger partial charge < -0.3 is 15.0 Å². The summed E-state index contributed by atoms with van der Waals surface area (Å²) in [5.74, 6) is 0.810. The third-order valence-electron chi connectivity index (χ3n) is 4.82. The molecule has 3 rings (SSSR count). The fourth-order valence-corrected chi connectivity index (χ4v) is 3.45. The van der Waals surface area contributed by atoms with Gasteiger partial charge in [0, 0.05) is 17.8 Å². The summed E-state index contributed by atoms with van der Waals surface area (Å²) in [6.45, 7) is 9.02. The summed E-state index contributed by atoms with van der Waals surface area (Å²) in [5, 5.41) is 3.60. The van der Waals surface area contributed by atoms with Crippen molar-refractivity contribution in [1.82, 2.24) is 4.90 Å². The number of para-hydroxylation sites is 2. The van der Waals surface area contributed by atoms with Crippen LogP contribution in [0.15, 0.2) is 61.2 Å². The van der Waals surface area contributed by atoms with Crippen LogP contribution in [0.2, 0.25) is 0 Å². The number of anilines is 1. The Balaban J connectivity index is 2.10. The van der Waals surface area contributed by atoms with Gasteiger partial charge in [-0.3, -0.25) is 4.79 Å². The van der Waals surface area contributed by atoms with Crippen molar-refractivity contribution in [2.24, 2.45) is 0 Å². The van der Waals surface area contributed by atoms with E-state index in [2.05, 4.69) is 18.8 Å². The minimum absolute atomic E-state index is 0.0498. The number of hydrogen-bond donors (Lipinski definition) is 1. The van der Waals surface area contributed by atoms with Gasteiger partial charge in [-0.15, -0.1) is 0 Å². The maximum atomic E-state index is 13.3. The third-order valence-corrected chi connectivity index (χ3v) is 4.82. The van der Waals surface area contributed by atoms with Crippen LogP contribution in [0.3, 0.4) is 0 Å². The predicted octanol–water partition coefficient (Wildman–Crippen LogP) is 4.79. The highest BCUT2D eigenvalue weighted by Crippen LogP contribution is 2.41. The van der Waals surface area contributed by atoms with E-state index in [1.807, 2.05) is 60.4 Å². The highest BCUT2D eigenvalue weighted by atomic mass is 16.5. The van der Waals surface area contributed by atoms with Crippen molar-refractivity contribution in [3.8, 4) is 5.75 Å². The Hall–Kier alpha value is -2.75. The van der Waals surface area contributed by atoms with Gasteiger partial charge in [0.05, 0.1) is 5.56 Å². The molecule has 1 amide bonds. The van der Waals surface area contributed by atoms with Crippen LogP contribution >= 0.6 is 0 Å². The lowest BCUT2D eigenvalue weighted by Crippen LogP contribution is -2.56. The molecule has 0 spiro atoms. The van der Waals surface area contributed by atoms with Gasteiger partial charge in [0.15, 0.2) is 0 Å². The van der Waals surface area contributed by atoms with Gasteiger partial charge >= 0.3 is 0 Å². The van der Waals surface area contributed by atoms with Crippen molar-refractivity contribution in [3.63, 3.8) is 0 Å². The van der Waals surface area contributed by atoms with E-state index in [0.717, 1.165) is 29.8 Å². The lowest BCUT2D eigenvalue weighted by molar-refractivity contribution is 0.0525. The molecule has 1 heterocycles. The van der Waals surface area contributed by atoms with Gasteiger partial charge in [-0.2, -0.15) is 0 Å². The van der Waals surface area contributed by atoms with Gasteiger partial charge in [-0.25, -0.2) is 0 Å². The van der Waals surface area contributed by atoms with E-state index in [1.54, 1.807) is 6.08 Å². The van der Waals surface area contributed by atoms with E-state index in [-0.39, 0.29) is 5.91 Å². The summed E-state index contributed by atoms with van der Waals surface area (Å²) in [4.78, 5) is 15.2. The second-order valence-corrected chi connectivity index (χ2v) is 6.65. The molecule has 1 N–H and O–H groups in total. The zero-order valence-corrected chi connectivity index (χ0v) is 15.5. The largest absolute Gasteiger partial charge is 0.489 e. The summed E-state index contributed by atoms with van der Waals surface area (Å²) in [5.41, 5.74) is 1.83. The molecule has 1 unspecified atom stereocenters. The first-order valence-electron chi connectivity index (χ1n) is 9.14. The van der Waals surface area contributed by atoms with Crippen LogP contribution in [0.5, 0.6) is 5.75 Å². The van der Waals surface area contributed by atoms with E-state index in [9.17, 15) is 4.79 Å². The number of fused-ring (bicyclic) bond motifs is 1. The van der Waals surface area contributed by atoms with E-state index < -0.39 is 5.66 Å². The van der Waals surface area contributed by atoms with Crippen molar-refractivity contribution in [3.05, 3.63) is 72.3 Å². The molecule has 1 aliphatic rings. The monoisotopic (exact) mass is 350 g/mol. The number of ether oxygens (including phenoxy) is 1. The van der Waals surface area contributed by atoms with Crippen LogP contribution in [0.1, 0.15) is 42.6 Å². The Kier molecular flexibility index (Phi) is 5.31. The molecule has 1 atom stereocenters. The average molecular weight is 350 g/mol. The van der Waals surface area contributed by atoms with Crippen molar-refractivity contribution < 1.29 is 9.53 Å². The zero-order valence-electron chi connectivity index (χ0n) is 15.5. The van der Waals surface area contributed by atoms with Crippen molar-refractivity contribution in [2.45, 2.75) is 32.4 Å². The van der Waals surface area contributed by atoms with Gasteiger partial charge in [-0.1, -0.05) is 56.3 Å². The van der Waals surface area contributed by atoms with E-state index in [4.69, 9.17) is 4.74 Å². The Bertz CT molecular complexity index is 802. The van der Waals surface area contributed by atoms with Crippen LogP contribution in [0.4, 0.5) is 5.69 Å². The number of rotatable bonds is 7. The van der Waals surface area contributed by atoms with Crippen LogP contribution in [-0.2, 0) is 5.66 Å². The van der Waals surface area contributed by atoms with E-state index in [1.165, 1.54) is 0 Å². The van der Waals surface area contributed by atoms with Gasteiger partial charge in [0.25, 0.3) is 5.91 Å². The smallest absolute Gasteiger partial charge is 0.258 e. The summed E-state index contributed by atoms with van der Waals surface area (Å²) < 4.78 is 5.88. The Morgan fingerprint density at radius 2 is 1.92 bits per heavy atom. The molecule has 0 fully saturated rings. The highest BCUT2D eigenvalue weighted by molar-refractivity contribution is 6.02. The predicted molar refractivity (Wildman–Crippen MR) is 105 cm³/mol. The number of nitrogens with one attached hydrogen (secondary N) is 1. The summed E-state index contributed by atoms with van der Waals surface area (Å²) in [6, 6.07) is 15.6. The minimum Gasteiger partial charge on any atom is -0.489 e. The number of amides is 1. The first-order chi connectivity index (χ1) is 12.6. The standard InChI is InChI=1S/C22H26N2O2/c1-4-6-15-24-21(25)17-11-7-9-13-19(17)23-22(24,3)18-12-8-10-14-20(18)26-16-5-2/h5,7-14,23H,2,4,6,15-16H2,1,3H3. The van der Waals surface area contributed by atoms with Gasteiger partial charge in [0.1, 0.15) is 18.0 Å². The lowest BCUT2D eigenvalue weighted by atomic mass is 9.92. The number of hydrogen-bond acceptors (Lipinski definition) is 3. The second kappa shape index (κ2) is 7.65. The van der Waals surface area contributed by atoms with Gasteiger partial charge in [0.2, 0.25) is 0 Å². The molecule has 0 aliphatic carbocycles. The summed E-state index contributed by atoms with van der Waals surface area (Å²) >= 11 is 0. The molecule has 0 saturated heterocycles. The molecule has 1 aliphatic heterocycles. The fraction of sp³-hybridized carbons (Fsp3) is 0.318. The Morgan fingerprint density at radius 1 is 1.19 bits per heavy atom. The summed E-state index contributed by atoms with van der Waals surface area (Å²) in [6.07, 6.45) is 3.69. The highest BCUT2D eigenvalue weighted by Gasteiger charge is 2.43. The van der Waals surface area contributed by atoms with E-state index >= 15 is 0 Å². The lowest BCUT2D eigenvalue weighted by Gasteiger charge is -2.47. The molecular weight excluding hydrogens is 324 g/mol. The number of benzene rings is 2. The molecule has 4 nitrogen and oxygen atoms in total. The number of carbonyl (C=O) groups is 1. The Morgan fingerprint density at radius 3 is 2.69 bits per heavy atom. The average Bonchev–Trinajstić information content (AvgIpc) is 2.66. The molecule has 136 valence electrons. The van der Waals surface area contributed by atoms with Crippen LogP contribution in [0, 0.1) is 0 Å². The number of unbranched alkanes of at least 4 members (excludes halogenated alkanes) is 1. The van der Waals surface area contributed by atoms with Crippen LogP contribution in [-0.4, -0.2) is 24.0 Å². The zero-order chi connectivity index (χ0) is 18.6. The second-order valence-electron chi connectivity index (χ2n) is 6.65. The topological polar surface area (TPSA) is 41.6 Å². The molecule has 2 aromatic carbocycles. The summed E-state index contributed by atoms with van der Waals surface area (Å²) in [7, 11) is 0. The first kappa shape index (κ1) is 18.1. The maximum absolute atomic E-state index is 13.3. The first-order valence-corrected chi connectivity index (χ1v) is 9.14. The SMILES string of the molecule is C=CCOc1ccccc1C1(C)Nc2ccccc2C(=O)N1CCCC. The molecule has 0 saturated carbocycles. The van der Waals surface area contributed by atoms with Gasteiger partial charge in [-0.05, 0) is 31.5 Å². The third kappa shape index (κ3) is 3.19. The van der Waals surface area contributed by atoms with Crippen LogP contribution < -0.4 is 10.1 Å². The molecule has 2 aromatic rings. The number of nitrogens with zero attached hydrogens (tertiary/aromatic N) is 1. The van der Waals surface area contributed by atoms with Crippen molar-refractivity contribution >= 4 is 11.6 Å². The van der Waals surface area contributed by atoms with E-state index in [0.29, 0.717) is 18.7 Å². The molecular formula is C22H26N2O2. The molecule has 0 radical (unpaired) electrons. The van der Waals surface area contributed by atoms with Crippen LogP contribution in [0.25, 0.3) is 0 Å². The molecule has 4 heteroatoms.